The lowest BCUT2D eigenvalue weighted by molar-refractivity contribution is -0.126. The van der Waals surface area contributed by atoms with Gasteiger partial charge in [-0.05, 0) is 31.4 Å². The maximum atomic E-state index is 12.0. The van der Waals surface area contributed by atoms with Crippen molar-refractivity contribution in [3.63, 3.8) is 0 Å². The molecular formula is C18H21N3O2. The van der Waals surface area contributed by atoms with Gasteiger partial charge in [-0.15, -0.1) is 0 Å². The highest BCUT2D eigenvalue weighted by atomic mass is 16.3. The maximum absolute atomic E-state index is 12.0. The number of carbonyl (C=O) groups excluding carboxylic acids is 1. The number of nitrogens with zero attached hydrogens (tertiary/aromatic N) is 2. The van der Waals surface area contributed by atoms with Crippen LogP contribution in [0.4, 0.5) is 0 Å². The predicted octanol–water partition coefficient (Wildman–Crippen LogP) is 3.59. The van der Waals surface area contributed by atoms with Crippen LogP contribution >= 0.6 is 0 Å². The molecular weight excluding hydrogens is 290 g/mol. The van der Waals surface area contributed by atoms with E-state index >= 15 is 0 Å². The fraction of sp³-hybridized carbons (Fsp3) is 0.500. The van der Waals surface area contributed by atoms with Crippen LogP contribution in [0.2, 0.25) is 0 Å². The van der Waals surface area contributed by atoms with E-state index in [0.717, 1.165) is 41.1 Å². The van der Waals surface area contributed by atoms with Crippen molar-refractivity contribution in [1.82, 2.24) is 10.4 Å². The van der Waals surface area contributed by atoms with Gasteiger partial charge >= 0.3 is 0 Å². The van der Waals surface area contributed by atoms with Gasteiger partial charge in [0.15, 0.2) is 11.5 Å². The first-order valence-electron chi connectivity index (χ1n) is 8.45. The van der Waals surface area contributed by atoms with E-state index in [0.29, 0.717) is 5.92 Å². The monoisotopic (exact) mass is 311 g/mol. The second-order valence-corrected chi connectivity index (χ2v) is 6.67. The first-order valence-corrected chi connectivity index (χ1v) is 8.45. The number of hydrogen-bond acceptors (Lipinski definition) is 4. The molecule has 1 amide bonds. The Balaban J connectivity index is 1.68. The molecule has 120 valence electrons. The number of aromatic nitrogens is 1. The van der Waals surface area contributed by atoms with Crippen molar-refractivity contribution >= 4 is 22.7 Å². The van der Waals surface area contributed by atoms with E-state index in [4.69, 9.17) is 4.42 Å². The molecule has 23 heavy (non-hydrogen) atoms. The number of benzene rings is 1. The summed E-state index contributed by atoms with van der Waals surface area (Å²) < 4.78 is 5.90. The molecule has 2 heterocycles. The lowest BCUT2D eigenvalue weighted by Crippen LogP contribution is -2.40. The summed E-state index contributed by atoms with van der Waals surface area (Å²) in [5.41, 5.74) is 6.32. The molecule has 0 bridgehead atoms. The summed E-state index contributed by atoms with van der Waals surface area (Å²) in [5, 5.41) is 4.31. The van der Waals surface area contributed by atoms with Crippen LogP contribution < -0.4 is 5.43 Å². The van der Waals surface area contributed by atoms with E-state index in [1.807, 2.05) is 18.2 Å². The van der Waals surface area contributed by atoms with Crippen molar-refractivity contribution in [2.24, 2.45) is 16.9 Å². The van der Waals surface area contributed by atoms with Crippen molar-refractivity contribution in [1.29, 1.82) is 0 Å². The molecule has 1 aliphatic carbocycles. The van der Waals surface area contributed by atoms with Gasteiger partial charge in [0.25, 0.3) is 0 Å². The number of rotatable bonds is 4. The summed E-state index contributed by atoms with van der Waals surface area (Å²) in [4.78, 5) is 16.6. The fourth-order valence-corrected chi connectivity index (χ4v) is 3.34. The van der Waals surface area contributed by atoms with Crippen LogP contribution in [0.25, 0.3) is 11.1 Å². The zero-order valence-electron chi connectivity index (χ0n) is 13.5. The van der Waals surface area contributed by atoms with Crippen LogP contribution in [-0.2, 0) is 4.79 Å². The van der Waals surface area contributed by atoms with Gasteiger partial charge < -0.3 is 4.42 Å². The predicted molar refractivity (Wildman–Crippen MR) is 88.2 cm³/mol. The number of fused-ring (bicyclic) bond motifs is 1. The lowest BCUT2D eigenvalue weighted by Gasteiger charge is -2.27. The average Bonchev–Trinajstić information content (AvgIpc) is 3.30. The summed E-state index contributed by atoms with van der Waals surface area (Å²) in [6.45, 7) is 4.18. The number of hydrazone groups is 1. The molecule has 1 aromatic carbocycles. The molecule has 2 atom stereocenters. The summed E-state index contributed by atoms with van der Waals surface area (Å²) in [5.74, 6) is 1.48. The minimum atomic E-state index is -0.0139. The molecule has 1 aromatic heterocycles. The molecule has 0 radical (unpaired) electrons. The van der Waals surface area contributed by atoms with Gasteiger partial charge in [-0.25, -0.2) is 10.4 Å². The third-order valence-electron chi connectivity index (χ3n) is 4.89. The zero-order valence-corrected chi connectivity index (χ0v) is 13.5. The number of hydrogen-bond donors (Lipinski definition) is 1. The second kappa shape index (κ2) is 5.48. The van der Waals surface area contributed by atoms with Gasteiger partial charge in [0.2, 0.25) is 5.91 Å². The Hall–Kier alpha value is -2.17. The van der Waals surface area contributed by atoms with Gasteiger partial charge in [-0.3, -0.25) is 4.79 Å². The Morgan fingerprint density at radius 3 is 2.91 bits per heavy atom. The van der Waals surface area contributed by atoms with Crippen molar-refractivity contribution in [3.05, 3.63) is 29.7 Å². The standard InChI is InChI=1S/C18H21N3O2/c1-3-4-13-10(2)16(20-21-17(13)22)12-7-8-14-15(9-12)23-18(19-14)11-5-6-11/h7-11,13H,3-6H2,1-2H3,(H,21,22)/t10-,13-/m1/s1. The van der Waals surface area contributed by atoms with Gasteiger partial charge in [-0.1, -0.05) is 26.3 Å². The number of amides is 1. The first-order chi connectivity index (χ1) is 11.2. The van der Waals surface area contributed by atoms with Crippen LogP contribution in [-0.4, -0.2) is 16.6 Å². The molecule has 4 rings (SSSR count). The summed E-state index contributed by atoms with van der Waals surface area (Å²) in [6.07, 6.45) is 4.21. The van der Waals surface area contributed by atoms with Crippen LogP contribution in [0.15, 0.2) is 27.7 Å². The SMILES string of the molecule is CCC[C@H]1C(=O)NN=C(c2ccc3nc(C4CC4)oc3c2)[C@@H]1C. The van der Waals surface area contributed by atoms with E-state index in [1.54, 1.807) is 0 Å². The quantitative estimate of drug-likeness (QED) is 0.938. The zero-order chi connectivity index (χ0) is 16.0. The van der Waals surface area contributed by atoms with E-state index < -0.39 is 0 Å². The van der Waals surface area contributed by atoms with Gasteiger partial charge in [0.05, 0.1) is 5.71 Å². The molecule has 0 unspecified atom stereocenters. The summed E-state index contributed by atoms with van der Waals surface area (Å²) in [7, 11) is 0. The van der Waals surface area contributed by atoms with Crippen molar-refractivity contribution in [3.8, 4) is 0 Å². The minimum absolute atomic E-state index is 0.0139. The van der Waals surface area contributed by atoms with Crippen LogP contribution in [0.5, 0.6) is 0 Å². The molecule has 1 fully saturated rings. The second-order valence-electron chi connectivity index (χ2n) is 6.67. The topological polar surface area (TPSA) is 67.5 Å². The highest BCUT2D eigenvalue weighted by Crippen LogP contribution is 2.40. The Bertz CT molecular complexity index is 789. The summed E-state index contributed by atoms with van der Waals surface area (Å²) >= 11 is 0. The highest BCUT2D eigenvalue weighted by Gasteiger charge is 2.33. The van der Waals surface area contributed by atoms with Crippen LogP contribution in [0.3, 0.4) is 0 Å². The molecule has 5 nitrogen and oxygen atoms in total. The third kappa shape index (κ3) is 2.54. The molecule has 2 aliphatic rings. The Kier molecular flexibility index (Phi) is 3.43. The van der Waals surface area contributed by atoms with E-state index in [1.165, 1.54) is 12.8 Å². The Morgan fingerprint density at radius 2 is 2.17 bits per heavy atom. The molecule has 1 N–H and O–H groups in total. The fourth-order valence-electron chi connectivity index (χ4n) is 3.34. The van der Waals surface area contributed by atoms with Gasteiger partial charge in [0, 0.05) is 23.3 Å². The minimum Gasteiger partial charge on any atom is -0.440 e. The third-order valence-corrected chi connectivity index (χ3v) is 4.89. The van der Waals surface area contributed by atoms with E-state index in [-0.39, 0.29) is 17.7 Å². The van der Waals surface area contributed by atoms with Gasteiger partial charge in [0.1, 0.15) is 5.52 Å². The number of nitrogens with one attached hydrogen (secondary N) is 1. The van der Waals surface area contributed by atoms with Crippen molar-refractivity contribution < 1.29 is 9.21 Å². The normalized spacial score (nSPS) is 24.6. The number of carbonyl (C=O) groups is 1. The first kappa shape index (κ1) is 14.4. The Morgan fingerprint density at radius 1 is 1.35 bits per heavy atom. The van der Waals surface area contributed by atoms with Crippen LogP contribution in [0.1, 0.15) is 56.9 Å². The Labute approximate surface area is 135 Å². The largest absolute Gasteiger partial charge is 0.440 e. The molecule has 5 heteroatoms. The van der Waals surface area contributed by atoms with E-state index in [9.17, 15) is 4.79 Å². The maximum Gasteiger partial charge on any atom is 0.243 e. The molecule has 0 saturated heterocycles. The molecule has 1 aliphatic heterocycles. The lowest BCUT2D eigenvalue weighted by atomic mass is 9.82. The molecule has 1 saturated carbocycles. The molecule has 0 spiro atoms. The van der Waals surface area contributed by atoms with E-state index in [2.05, 4.69) is 29.4 Å². The number of oxazole rings is 1. The summed E-state index contributed by atoms with van der Waals surface area (Å²) in [6, 6.07) is 6.02. The highest BCUT2D eigenvalue weighted by molar-refractivity contribution is 6.07. The molecule has 2 aromatic rings. The van der Waals surface area contributed by atoms with Crippen molar-refractivity contribution in [2.75, 3.05) is 0 Å². The van der Waals surface area contributed by atoms with Gasteiger partial charge in [-0.2, -0.15) is 5.10 Å². The van der Waals surface area contributed by atoms with Crippen LogP contribution in [0, 0.1) is 11.8 Å². The average molecular weight is 311 g/mol. The smallest absolute Gasteiger partial charge is 0.243 e. The van der Waals surface area contributed by atoms with Crippen molar-refractivity contribution in [2.45, 2.75) is 45.4 Å².